The molecule has 0 aliphatic heterocycles. The lowest BCUT2D eigenvalue weighted by Crippen LogP contribution is -2.22. The highest BCUT2D eigenvalue weighted by Gasteiger charge is 2.12. The Morgan fingerprint density at radius 3 is 2.39 bits per heavy atom. The van der Waals surface area contributed by atoms with Crippen LogP contribution in [0.25, 0.3) is 0 Å². The van der Waals surface area contributed by atoms with E-state index in [0.717, 1.165) is 11.1 Å². The van der Waals surface area contributed by atoms with Crippen molar-refractivity contribution in [3.63, 3.8) is 0 Å². The maximum atomic E-state index is 6.35. The molecule has 5 heteroatoms. The van der Waals surface area contributed by atoms with Crippen LogP contribution in [-0.4, -0.2) is 13.2 Å². The van der Waals surface area contributed by atoms with E-state index in [0.29, 0.717) is 40.7 Å². The summed E-state index contributed by atoms with van der Waals surface area (Å²) < 4.78 is 11.3. The molecule has 0 saturated heterocycles. The van der Waals surface area contributed by atoms with Crippen LogP contribution in [0, 0.1) is 0 Å². The molecular weight excluding hydrogens is 333 g/mol. The molecule has 0 bridgehead atoms. The molecule has 2 rings (SSSR count). The van der Waals surface area contributed by atoms with Gasteiger partial charge in [0.1, 0.15) is 6.61 Å². The minimum Gasteiger partial charge on any atom is -0.493 e. The van der Waals surface area contributed by atoms with E-state index in [2.05, 4.69) is 19.2 Å². The van der Waals surface area contributed by atoms with E-state index < -0.39 is 0 Å². The van der Waals surface area contributed by atoms with E-state index in [4.69, 9.17) is 32.7 Å². The molecule has 0 saturated carbocycles. The van der Waals surface area contributed by atoms with Crippen LogP contribution in [0.15, 0.2) is 36.4 Å². The van der Waals surface area contributed by atoms with Crippen molar-refractivity contribution in [1.29, 1.82) is 0 Å². The van der Waals surface area contributed by atoms with Gasteiger partial charge in [0.15, 0.2) is 11.5 Å². The first kappa shape index (κ1) is 17.9. The third kappa shape index (κ3) is 5.03. The summed E-state index contributed by atoms with van der Waals surface area (Å²) in [6.07, 6.45) is 0. The van der Waals surface area contributed by atoms with Crippen molar-refractivity contribution in [2.45, 2.75) is 33.0 Å². The van der Waals surface area contributed by atoms with E-state index in [1.807, 2.05) is 30.3 Å². The molecule has 0 aliphatic rings. The summed E-state index contributed by atoms with van der Waals surface area (Å²) >= 11 is 12.5. The molecule has 0 radical (unpaired) electrons. The van der Waals surface area contributed by atoms with Crippen LogP contribution in [0.5, 0.6) is 11.5 Å². The van der Waals surface area contributed by atoms with Crippen molar-refractivity contribution in [3.05, 3.63) is 57.6 Å². The highest BCUT2D eigenvalue weighted by atomic mass is 35.5. The smallest absolute Gasteiger partial charge is 0.163 e. The SMILES string of the molecule is COc1cc(CNC(C)C)c(Cl)cc1OCc1ccccc1Cl. The van der Waals surface area contributed by atoms with Gasteiger partial charge in [0.25, 0.3) is 0 Å². The number of hydrogen-bond acceptors (Lipinski definition) is 3. The molecule has 23 heavy (non-hydrogen) atoms. The van der Waals surface area contributed by atoms with Gasteiger partial charge in [0, 0.05) is 34.3 Å². The van der Waals surface area contributed by atoms with E-state index in [-0.39, 0.29) is 0 Å². The summed E-state index contributed by atoms with van der Waals surface area (Å²) in [5.74, 6) is 1.26. The van der Waals surface area contributed by atoms with E-state index in [1.165, 1.54) is 0 Å². The molecule has 0 atom stereocenters. The van der Waals surface area contributed by atoms with E-state index in [9.17, 15) is 0 Å². The number of ether oxygens (including phenoxy) is 2. The second kappa shape index (κ2) is 8.44. The Kier molecular flexibility index (Phi) is 6.58. The maximum Gasteiger partial charge on any atom is 0.163 e. The van der Waals surface area contributed by atoms with Crippen LogP contribution in [0.4, 0.5) is 0 Å². The summed E-state index contributed by atoms with van der Waals surface area (Å²) in [7, 11) is 1.62. The van der Waals surface area contributed by atoms with Crippen molar-refractivity contribution in [1.82, 2.24) is 5.32 Å². The number of halogens is 2. The lowest BCUT2D eigenvalue weighted by molar-refractivity contribution is 0.284. The molecular formula is C18H21Cl2NO2. The number of benzene rings is 2. The van der Waals surface area contributed by atoms with Gasteiger partial charge < -0.3 is 14.8 Å². The summed E-state index contributed by atoms with van der Waals surface area (Å²) in [6, 6.07) is 11.7. The third-order valence-corrected chi connectivity index (χ3v) is 4.10. The highest BCUT2D eigenvalue weighted by Crippen LogP contribution is 2.34. The Balaban J connectivity index is 2.15. The molecule has 0 heterocycles. The van der Waals surface area contributed by atoms with Gasteiger partial charge in [-0.25, -0.2) is 0 Å². The van der Waals surface area contributed by atoms with Crippen LogP contribution in [-0.2, 0) is 13.2 Å². The predicted molar refractivity (Wildman–Crippen MR) is 95.8 cm³/mol. The van der Waals surface area contributed by atoms with Crippen LogP contribution < -0.4 is 14.8 Å². The second-order valence-electron chi connectivity index (χ2n) is 5.51. The Morgan fingerprint density at radius 1 is 1.00 bits per heavy atom. The first-order chi connectivity index (χ1) is 11.0. The zero-order valence-electron chi connectivity index (χ0n) is 13.5. The molecule has 0 aromatic heterocycles. The maximum absolute atomic E-state index is 6.35. The molecule has 3 nitrogen and oxygen atoms in total. The zero-order valence-corrected chi connectivity index (χ0v) is 15.0. The second-order valence-corrected chi connectivity index (χ2v) is 6.32. The Labute approximate surface area is 147 Å². The first-order valence-corrected chi connectivity index (χ1v) is 8.23. The van der Waals surface area contributed by atoms with Gasteiger partial charge in [-0.05, 0) is 17.7 Å². The largest absolute Gasteiger partial charge is 0.493 e. The topological polar surface area (TPSA) is 30.5 Å². The van der Waals surface area contributed by atoms with Crippen molar-refractivity contribution in [2.75, 3.05) is 7.11 Å². The predicted octanol–water partition coefficient (Wildman–Crippen LogP) is 5.08. The third-order valence-electron chi connectivity index (χ3n) is 3.37. The quantitative estimate of drug-likeness (QED) is 0.752. The minimum atomic E-state index is 0.357. The van der Waals surface area contributed by atoms with Crippen LogP contribution in [0.3, 0.4) is 0 Å². The Bertz CT molecular complexity index is 659. The standard InChI is InChI=1S/C18H21Cl2NO2/c1-12(2)21-10-14-8-17(22-3)18(9-16(14)20)23-11-13-6-4-5-7-15(13)19/h4-9,12,21H,10-11H2,1-3H3. The fraction of sp³-hybridized carbons (Fsp3) is 0.333. The molecule has 2 aromatic rings. The fourth-order valence-electron chi connectivity index (χ4n) is 2.07. The van der Waals surface area contributed by atoms with Gasteiger partial charge in [-0.15, -0.1) is 0 Å². The van der Waals surface area contributed by atoms with Gasteiger partial charge in [0.2, 0.25) is 0 Å². The van der Waals surface area contributed by atoms with Crippen LogP contribution >= 0.6 is 23.2 Å². The van der Waals surface area contributed by atoms with Crippen molar-refractivity contribution in [2.24, 2.45) is 0 Å². The zero-order chi connectivity index (χ0) is 16.8. The van der Waals surface area contributed by atoms with Crippen LogP contribution in [0.1, 0.15) is 25.0 Å². The summed E-state index contributed by atoms with van der Waals surface area (Å²) in [6.45, 7) is 5.21. The minimum absolute atomic E-state index is 0.357. The van der Waals surface area contributed by atoms with Gasteiger partial charge in [-0.1, -0.05) is 55.2 Å². The number of hydrogen-bond donors (Lipinski definition) is 1. The highest BCUT2D eigenvalue weighted by molar-refractivity contribution is 6.31. The molecule has 2 aromatic carbocycles. The van der Waals surface area contributed by atoms with Crippen molar-refractivity contribution in [3.8, 4) is 11.5 Å². The monoisotopic (exact) mass is 353 g/mol. The average molecular weight is 354 g/mol. The fourth-order valence-corrected chi connectivity index (χ4v) is 2.48. The van der Waals surface area contributed by atoms with Gasteiger partial charge in [-0.2, -0.15) is 0 Å². The van der Waals surface area contributed by atoms with Crippen molar-refractivity contribution >= 4 is 23.2 Å². The van der Waals surface area contributed by atoms with Gasteiger partial charge >= 0.3 is 0 Å². The Morgan fingerprint density at radius 2 is 1.74 bits per heavy atom. The van der Waals surface area contributed by atoms with Gasteiger partial charge in [-0.3, -0.25) is 0 Å². The molecule has 0 aliphatic carbocycles. The van der Waals surface area contributed by atoms with Gasteiger partial charge in [0.05, 0.1) is 7.11 Å². The normalized spacial score (nSPS) is 10.9. The van der Waals surface area contributed by atoms with E-state index in [1.54, 1.807) is 13.2 Å². The molecule has 0 amide bonds. The number of nitrogens with one attached hydrogen (secondary N) is 1. The number of rotatable bonds is 7. The molecule has 0 spiro atoms. The first-order valence-electron chi connectivity index (χ1n) is 7.47. The molecule has 0 fully saturated rings. The number of methoxy groups -OCH3 is 1. The van der Waals surface area contributed by atoms with Crippen molar-refractivity contribution < 1.29 is 9.47 Å². The Hall–Kier alpha value is -1.42. The van der Waals surface area contributed by atoms with Crippen LogP contribution in [0.2, 0.25) is 10.0 Å². The summed E-state index contributed by atoms with van der Waals surface area (Å²) in [5.41, 5.74) is 1.89. The lowest BCUT2D eigenvalue weighted by atomic mass is 10.2. The average Bonchev–Trinajstić information content (AvgIpc) is 2.53. The van der Waals surface area contributed by atoms with E-state index >= 15 is 0 Å². The summed E-state index contributed by atoms with van der Waals surface area (Å²) in [4.78, 5) is 0. The molecule has 1 N–H and O–H groups in total. The summed E-state index contributed by atoms with van der Waals surface area (Å²) in [5, 5.41) is 4.66. The molecule has 124 valence electrons. The molecule has 0 unspecified atom stereocenters. The lowest BCUT2D eigenvalue weighted by Gasteiger charge is -2.15.